The molecular weight excluding hydrogens is 486 g/mol. The smallest absolute Gasteiger partial charge is 0.243 e. The molecule has 2 aromatic rings. The van der Waals surface area contributed by atoms with Gasteiger partial charge in [0.05, 0.1) is 13.1 Å². The molecule has 5 N–H and O–H groups in total. The van der Waals surface area contributed by atoms with E-state index in [1.807, 2.05) is 74.5 Å². The fraction of sp³-hybridized carbons (Fsp3) is 0.393. The van der Waals surface area contributed by atoms with Crippen molar-refractivity contribution in [3.05, 3.63) is 71.8 Å². The highest BCUT2D eigenvalue weighted by molar-refractivity contribution is 5.96. The van der Waals surface area contributed by atoms with Crippen LogP contribution in [0.15, 0.2) is 60.7 Å². The summed E-state index contributed by atoms with van der Waals surface area (Å²) in [5.74, 6) is -2.69. The molecule has 5 amide bonds. The van der Waals surface area contributed by atoms with Crippen molar-refractivity contribution in [2.24, 2.45) is 5.92 Å². The first-order valence-electron chi connectivity index (χ1n) is 12.7. The second kappa shape index (κ2) is 13.9. The maximum Gasteiger partial charge on any atom is 0.243 e. The highest BCUT2D eigenvalue weighted by Crippen LogP contribution is 2.10. The second-order valence-corrected chi connectivity index (χ2v) is 9.75. The van der Waals surface area contributed by atoms with E-state index in [9.17, 15) is 24.0 Å². The van der Waals surface area contributed by atoms with Crippen molar-refractivity contribution in [1.82, 2.24) is 26.6 Å². The molecule has 0 radical (unpaired) electrons. The Labute approximate surface area is 222 Å². The number of carbonyl (C=O) groups is 5. The van der Waals surface area contributed by atoms with E-state index >= 15 is 0 Å². The van der Waals surface area contributed by atoms with Gasteiger partial charge in [0.15, 0.2) is 0 Å². The predicted octanol–water partition coefficient (Wildman–Crippen LogP) is 0.218. The highest BCUT2D eigenvalue weighted by atomic mass is 16.2. The molecule has 10 heteroatoms. The molecule has 202 valence electrons. The summed E-state index contributed by atoms with van der Waals surface area (Å²) in [6, 6.07) is 15.4. The molecule has 3 rings (SSSR count). The van der Waals surface area contributed by atoms with Gasteiger partial charge in [-0.1, -0.05) is 74.5 Å². The van der Waals surface area contributed by atoms with Crippen LogP contribution in [-0.2, 0) is 36.8 Å². The van der Waals surface area contributed by atoms with Crippen molar-refractivity contribution in [2.75, 3.05) is 13.1 Å². The first kappa shape index (κ1) is 28.4. The Morgan fingerprint density at radius 2 is 1.08 bits per heavy atom. The van der Waals surface area contributed by atoms with Crippen LogP contribution in [0.2, 0.25) is 0 Å². The van der Waals surface area contributed by atoms with Crippen molar-refractivity contribution in [1.29, 1.82) is 0 Å². The molecule has 3 atom stereocenters. The summed E-state index contributed by atoms with van der Waals surface area (Å²) in [6.07, 6.45) is 0.710. The summed E-state index contributed by atoms with van der Waals surface area (Å²) in [4.78, 5) is 64.6. The zero-order valence-electron chi connectivity index (χ0n) is 21.7. The Kier molecular flexibility index (Phi) is 10.4. The summed E-state index contributed by atoms with van der Waals surface area (Å²) in [6.45, 7) is 3.11. The minimum Gasteiger partial charge on any atom is -0.346 e. The van der Waals surface area contributed by atoms with E-state index in [2.05, 4.69) is 26.6 Å². The molecule has 38 heavy (non-hydrogen) atoms. The Hall–Kier alpha value is -4.21. The summed E-state index contributed by atoms with van der Waals surface area (Å²) in [5.41, 5.74) is 1.63. The van der Waals surface area contributed by atoms with Gasteiger partial charge in [0, 0.05) is 12.8 Å². The maximum atomic E-state index is 13.4. The normalized spacial score (nSPS) is 21.8. The number of rotatable bonds is 6. The van der Waals surface area contributed by atoms with Crippen LogP contribution in [-0.4, -0.2) is 60.8 Å². The maximum absolute atomic E-state index is 13.4. The van der Waals surface area contributed by atoms with E-state index in [-0.39, 0.29) is 31.8 Å². The Morgan fingerprint density at radius 1 is 0.605 bits per heavy atom. The first-order chi connectivity index (χ1) is 18.2. The Bertz CT molecular complexity index is 1080. The van der Waals surface area contributed by atoms with E-state index in [4.69, 9.17) is 0 Å². The Balaban J connectivity index is 1.89. The molecule has 1 saturated heterocycles. The molecule has 0 aliphatic carbocycles. The van der Waals surface area contributed by atoms with Crippen LogP contribution in [0.25, 0.3) is 0 Å². The van der Waals surface area contributed by atoms with Gasteiger partial charge in [0.2, 0.25) is 29.5 Å². The fourth-order valence-corrected chi connectivity index (χ4v) is 4.14. The molecule has 0 unspecified atom stereocenters. The molecule has 2 aromatic carbocycles. The number of hydrogen-bond acceptors (Lipinski definition) is 5. The van der Waals surface area contributed by atoms with Crippen molar-refractivity contribution >= 4 is 29.5 Å². The lowest BCUT2D eigenvalue weighted by atomic mass is 9.99. The fourth-order valence-electron chi connectivity index (χ4n) is 4.14. The molecule has 0 bridgehead atoms. The third kappa shape index (κ3) is 9.02. The van der Waals surface area contributed by atoms with Crippen molar-refractivity contribution < 1.29 is 24.0 Å². The zero-order chi connectivity index (χ0) is 27.5. The molecule has 1 aliphatic rings. The van der Waals surface area contributed by atoms with E-state index in [1.165, 1.54) is 0 Å². The lowest BCUT2D eigenvalue weighted by Gasteiger charge is -2.26. The molecule has 0 saturated carbocycles. The van der Waals surface area contributed by atoms with Gasteiger partial charge in [-0.3, -0.25) is 24.0 Å². The summed E-state index contributed by atoms with van der Waals surface area (Å²) < 4.78 is 0. The summed E-state index contributed by atoms with van der Waals surface area (Å²) >= 11 is 0. The van der Waals surface area contributed by atoms with E-state index < -0.39 is 47.7 Å². The van der Waals surface area contributed by atoms with Gasteiger partial charge in [-0.25, -0.2) is 0 Å². The van der Waals surface area contributed by atoms with Crippen molar-refractivity contribution in [3.8, 4) is 0 Å². The van der Waals surface area contributed by atoms with Gasteiger partial charge in [0.1, 0.15) is 18.1 Å². The molecular formula is C28H35N5O5. The summed E-state index contributed by atoms with van der Waals surface area (Å²) in [7, 11) is 0. The van der Waals surface area contributed by atoms with E-state index in [0.717, 1.165) is 11.1 Å². The first-order valence-corrected chi connectivity index (χ1v) is 12.7. The van der Waals surface area contributed by atoms with E-state index in [0.29, 0.717) is 6.42 Å². The second-order valence-electron chi connectivity index (χ2n) is 9.75. The van der Waals surface area contributed by atoms with Crippen LogP contribution in [0, 0.1) is 5.92 Å². The van der Waals surface area contributed by atoms with Gasteiger partial charge in [-0.2, -0.15) is 0 Å². The molecule has 0 aromatic heterocycles. The number of benzene rings is 2. The van der Waals surface area contributed by atoms with Crippen LogP contribution in [0.1, 0.15) is 31.4 Å². The average molecular weight is 522 g/mol. The van der Waals surface area contributed by atoms with Gasteiger partial charge in [-0.15, -0.1) is 0 Å². The van der Waals surface area contributed by atoms with Gasteiger partial charge >= 0.3 is 0 Å². The minimum atomic E-state index is -0.978. The van der Waals surface area contributed by atoms with Crippen LogP contribution < -0.4 is 26.6 Å². The molecule has 1 fully saturated rings. The van der Waals surface area contributed by atoms with Crippen molar-refractivity contribution in [3.63, 3.8) is 0 Å². The standard InChI is InChI=1S/C28H35N5O5/c1-18(2)13-21-27(37)33-22(14-19-9-5-3-6-10-19)26(36)30-16-24(34)29-17-25(35)31-23(28(38)32-21)15-20-11-7-4-8-12-20/h3-12,18,21-23H,13-17H2,1-2H3,(H,29,34)(H,30,36)(H,31,35)(H,32,38)(H,33,37)/t21-,22-,23-/m0/s1. The number of nitrogens with one attached hydrogen (secondary N) is 5. The van der Waals surface area contributed by atoms with Crippen LogP contribution in [0.3, 0.4) is 0 Å². The number of amides is 5. The quantitative estimate of drug-likeness (QED) is 0.369. The van der Waals surface area contributed by atoms with E-state index in [1.54, 1.807) is 0 Å². The molecule has 1 aliphatic heterocycles. The Morgan fingerprint density at radius 3 is 1.63 bits per heavy atom. The summed E-state index contributed by atoms with van der Waals surface area (Å²) in [5, 5.41) is 13.2. The van der Waals surface area contributed by atoms with Crippen molar-refractivity contribution in [2.45, 2.75) is 51.2 Å². The SMILES string of the molecule is CC(C)C[C@@H]1NC(=O)[C@H](Cc2ccccc2)NC(=O)CNC(=O)CNC(=O)[C@H](Cc2ccccc2)NC1=O. The van der Waals surface area contributed by atoms with Gasteiger partial charge in [0.25, 0.3) is 0 Å². The third-order valence-electron chi connectivity index (χ3n) is 6.06. The van der Waals surface area contributed by atoms with Crippen LogP contribution in [0.5, 0.6) is 0 Å². The lowest BCUT2D eigenvalue weighted by molar-refractivity contribution is -0.133. The largest absolute Gasteiger partial charge is 0.346 e. The third-order valence-corrected chi connectivity index (χ3v) is 6.06. The number of carbonyl (C=O) groups excluding carboxylic acids is 5. The van der Waals surface area contributed by atoms with Crippen LogP contribution >= 0.6 is 0 Å². The molecule has 1 heterocycles. The molecule has 0 spiro atoms. The average Bonchev–Trinajstić information content (AvgIpc) is 2.90. The van der Waals surface area contributed by atoms with Gasteiger partial charge in [-0.05, 0) is 23.5 Å². The number of hydrogen-bond donors (Lipinski definition) is 5. The molecule has 10 nitrogen and oxygen atoms in total. The monoisotopic (exact) mass is 521 g/mol. The topological polar surface area (TPSA) is 146 Å². The minimum absolute atomic E-state index is 0.0542. The predicted molar refractivity (Wildman–Crippen MR) is 142 cm³/mol. The lowest BCUT2D eigenvalue weighted by Crippen LogP contribution is -2.57. The van der Waals surface area contributed by atoms with Gasteiger partial charge < -0.3 is 26.6 Å². The zero-order valence-corrected chi connectivity index (χ0v) is 21.7. The van der Waals surface area contributed by atoms with Crippen LogP contribution in [0.4, 0.5) is 0 Å². The highest BCUT2D eigenvalue weighted by Gasteiger charge is 2.31.